The first-order valence-corrected chi connectivity index (χ1v) is 7.53. The van der Waals surface area contributed by atoms with Gasteiger partial charge in [-0.05, 0) is 37.6 Å². The zero-order chi connectivity index (χ0) is 18.1. The number of nitrogens with one attached hydrogen (secondary N) is 2. The summed E-state index contributed by atoms with van der Waals surface area (Å²) in [5.74, 6) is 0.862. The maximum atomic E-state index is 11.9. The van der Waals surface area contributed by atoms with E-state index in [4.69, 9.17) is 14.2 Å². The lowest BCUT2D eigenvalue weighted by Crippen LogP contribution is -2.44. The van der Waals surface area contributed by atoms with Gasteiger partial charge in [-0.2, -0.15) is 0 Å². The number of amides is 2. The molecule has 1 aromatic carbocycles. The highest BCUT2D eigenvalue weighted by atomic mass is 16.5. The zero-order valence-electron chi connectivity index (χ0n) is 14.6. The van der Waals surface area contributed by atoms with Gasteiger partial charge in [-0.15, -0.1) is 0 Å². The lowest BCUT2D eigenvalue weighted by atomic mass is 10.1. The molecule has 0 saturated heterocycles. The number of hydrogen-bond acceptors (Lipinski definition) is 5. The molecule has 132 valence electrons. The van der Waals surface area contributed by atoms with E-state index in [0.717, 1.165) is 0 Å². The summed E-state index contributed by atoms with van der Waals surface area (Å²) in [4.78, 5) is 23.5. The molecule has 0 spiro atoms. The maximum Gasteiger partial charge on any atom is 0.244 e. The van der Waals surface area contributed by atoms with Gasteiger partial charge >= 0.3 is 0 Å². The van der Waals surface area contributed by atoms with Gasteiger partial charge in [0.25, 0.3) is 0 Å². The van der Waals surface area contributed by atoms with Crippen LogP contribution in [0.25, 0.3) is 6.08 Å². The number of carbonyl (C=O) groups is 2. The van der Waals surface area contributed by atoms with Crippen LogP contribution in [0.3, 0.4) is 0 Å². The van der Waals surface area contributed by atoms with Gasteiger partial charge in [0.2, 0.25) is 17.6 Å². The van der Waals surface area contributed by atoms with Crippen LogP contribution in [0.4, 0.5) is 0 Å². The fourth-order valence-corrected chi connectivity index (χ4v) is 2.02. The lowest BCUT2D eigenvalue weighted by molar-refractivity contribution is -0.126. The van der Waals surface area contributed by atoms with Crippen LogP contribution >= 0.6 is 0 Å². The third kappa shape index (κ3) is 5.19. The van der Waals surface area contributed by atoms with Crippen molar-refractivity contribution in [2.45, 2.75) is 19.9 Å². The van der Waals surface area contributed by atoms with Crippen molar-refractivity contribution in [1.29, 1.82) is 0 Å². The van der Waals surface area contributed by atoms with E-state index in [1.54, 1.807) is 25.1 Å². The van der Waals surface area contributed by atoms with E-state index in [9.17, 15) is 9.59 Å². The second kappa shape index (κ2) is 9.44. The van der Waals surface area contributed by atoms with E-state index in [1.165, 1.54) is 27.4 Å². The molecule has 1 rings (SSSR count). The van der Waals surface area contributed by atoms with Crippen molar-refractivity contribution in [2.24, 2.45) is 0 Å². The largest absolute Gasteiger partial charge is 0.493 e. The molecule has 0 aliphatic heterocycles. The van der Waals surface area contributed by atoms with Gasteiger partial charge in [-0.25, -0.2) is 0 Å². The van der Waals surface area contributed by atoms with Crippen LogP contribution < -0.4 is 24.8 Å². The topological polar surface area (TPSA) is 85.9 Å². The van der Waals surface area contributed by atoms with Crippen molar-refractivity contribution in [3.8, 4) is 17.2 Å². The average molecular weight is 336 g/mol. The molecule has 0 saturated carbocycles. The van der Waals surface area contributed by atoms with E-state index in [0.29, 0.717) is 29.4 Å². The number of rotatable bonds is 8. The number of hydrogen-bond donors (Lipinski definition) is 2. The fraction of sp³-hybridized carbons (Fsp3) is 0.412. The third-order valence-corrected chi connectivity index (χ3v) is 3.22. The van der Waals surface area contributed by atoms with E-state index in [2.05, 4.69) is 10.6 Å². The summed E-state index contributed by atoms with van der Waals surface area (Å²) < 4.78 is 15.8. The van der Waals surface area contributed by atoms with Crippen LogP contribution in [-0.4, -0.2) is 45.7 Å². The first kappa shape index (κ1) is 19.3. The van der Waals surface area contributed by atoms with Gasteiger partial charge in [0.15, 0.2) is 11.5 Å². The second-order valence-electron chi connectivity index (χ2n) is 4.92. The van der Waals surface area contributed by atoms with Crippen LogP contribution in [0.5, 0.6) is 17.2 Å². The molecule has 2 N–H and O–H groups in total. The van der Waals surface area contributed by atoms with E-state index >= 15 is 0 Å². The van der Waals surface area contributed by atoms with E-state index < -0.39 is 6.04 Å². The van der Waals surface area contributed by atoms with Crippen molar-refractivity contribution in [2.75, 3.05) is 27.9 Å². The van der Waals surface area contributed by atoms with Crippen molar-refractivity contribution >= 4 is 17.9 Å². The minimum absolute atomic E-state index is 0.230. The summed E-state index contributed by atoms with van der Waals surface area (Å²) in [5, 5.41) is 5.23. The highest BCUT2D eigenvalue weighted by Gasteiger charge is 2.14. The van der Waals surface area contributed by atoms with Gasteiger partial charge in [-0.1, -0.05) is 0 Å². The van der Waals surface area contributed by atoms with Crippen LogP contribution in [0, 0.1) is 0 Å². The molecule has 0 heterocycles. The SMILES string of the molecule is CCNC(=O)[C@H](C)NC(=O)/C=C/c1cc(OC)c(OC)c(OC)c1. The molecule has 0 bridgehead atoms. The van der Waals surface area contributed by atoms with Gasteiger partial charge in [0.1, 0.15) is 6.04 Å². The Kier molecular flexibility index (Phi) is 7.61. The Balaban J connectivity index is 2.86. The molecular weight excluding hydrogens is 312 g/mol. The van der Waals surface area contributed by atoms with Crippen LogP contribution in [-0.2, 0) is 9.59 Å². The smallest absolute Gasteiger partial charge is 0.244 e. The molecule has 0 unspecified atom stereocenters. The molecule has 1 atom stereocenters. The summed E-state index contributed by atoms with van der Waals surface area (Å²) in [6.07, 6.45) is 2.95. The lowest BCUT2D eigenvalue weighted by Gasteiger charge is -2.13. The summed E-state index contributed by atoms with van der Waals surface area (Å²) in [7, 11) is 4.56. The molecule has 24 heavy (non-hydrogen) atoms. The highest BCUT2D eigenvalue weighted by molar-refractivity contribution is 5.95. The molecule has 7 nitrogen and oxygen atoms in total. The Hall–Kier alpha value is -2.70. The molecule has 0 aliphatic rings. The Labute approximate surface area is 142 Å². The van der Waals surface area contributed by atoms with Crippen molar-refractivity contribution in [1.82, 2.24) is 10.6 Å². The number of methoxy groups -OCH3 is 3. The van der Waals surface area contributed by atoms with E-state index in [-0.39, 0.29) is 11.8 Å². The molecule has 0 fully saturated rings. The van der Waals surface area contributed by atoms with Crippen LogP contribution in [0.2, 0.25) is 0 Å². The molecular formula is C17H24N2O5. The van der Waals surface area contributed by atoms with Crippen molar-refractivity contribution in [3.63, 3.8) is 0 Å². The minimum Gasteiger partial charge on any atom is -0.493 e. The highest BCUT2D eigenvalue weighted by Crippen LogP contribution is 2.38. The Morgan fingerprint density at radius 3 is 2.17 bits per heavy atom. The Morgan fingerprint density at radius 2 is 1.71 bits per heavy atom. The van der Waals surface area contributed by atoms with Crippen molar-refractivity contribution < 1.29 is 23.8 Å². The van der Waals surface area contributed by atoms with Gasteiger partial charge in [0.05, 0.1) is 21.3 Å². The second-order valence-corrected chi connectivity index (χ2v) is 4.92. The fourth-order valence-electron chi connectivity index (χ4n) is 2.02. The third-order valence-electron chi connectivity index (χ3n) is 3.22. The van der Waals surface area contributed by atoms with Gasteiger partial charge < -0.3 is 24.8 Å². The Bertz CT molecular complexity index is 588. The van der Waals surface area contributed by atoms with Gasteiger partial charge in [-0.3, -0.25) is 9.59 Å². The predicted octanol–water partition coefficient (Wildman–Crippen LogP) is 1.37. The molecule has 0 aliphatic carbocycles. The summed E-state index contributed by atoms with van der Waals surface area (Å²) in [5.41, 5.74) is 0.699. The average Bonchev–Trinajstić information content (AvgIpc) is 2.58. The zero-order valence-corrected chi connectivity index (χ0v) is 14.6. The maximum absolute atomic E-state index is 11.9. The molecule has 0 aromatic heterocycles. The molecule has 7 heteroatoms. The van der Waals surface area contributed by atoms with Crippen LogP contribution in [0.1, 0.15) is 19.4 Å². The number of carbonyl (C=O) groups excluding carboxylic acids is 2. The first-order chi connectivity index (χ1) is 11.5. The monoisotopic (exact) mass is 336 g/mol. The number of likely N-dealkylation sites (N-methyl/N-ethyl adjacent to an activating group) is 1. The number of benzene rings is 1. The summed E-state index contributed by atoms with van der Waals surface area (Å²) >= 11 is 0. The Morgan fingerprint density at radius 1 is 1.12 bits per heavy atom. The summed E-state index contributed by atoms with van der Waals surface area (Å²) in [6.45, 7) is 3.95. The quantitative estimate of drug-likeness (QED) is 0.700. The summed E-state index contributed by atoms with van der Waals surface area (Å²) in [6, 6.07) is 2.83. The van der Waals surface area contributed by atoms with Gasteiger partial charge in [0, 0.05) is 12.6 Å². The molecule has 2 amide bonds. The molecule has 0 radical (unpaired) electrons. The first-order valence-electron chi connectivity index (χ1n) is 7.53. The predicted molar refractivity (Wildman–Crippen MR) is 91.4 cm³/mol. The minimum atomic E-state index is -0.609. The van der Waals surface area contributed by atoms with Crippen LogP contribution in [0.15, 0.2) is 18.2 Å². The standard InChI is InChI=1S/C17H24N2O5/c1-6-18-17(21)11(2)19-15(20)8-7-12-9-13(22-3)16(24-5)14(10-12)23-4/h7-11H,6H2,1-5H3,(H,18,21)(H,19,20)/b8-7+/t11-/m0/s1. The molecule has 1 aromatic rings. The van der Waals surface area contributed by atoms with E-state index in [1.807, 2.05) is 6.92 Å². The number of ether oxygens (including phenoxy) is 3. The van der Waals surface area contributed by atoms with Crippen molar-refractivity contribution in [3.05, 3.63) is 23.8 Å². The normalized spacial score (nSPS) is 11.7.